The number of nitrogens with zero attached hydrogens (tertiary/aromatic N) is 2. The van der Waals surface area contributed by atoms with E-state index in [1.165, 1.54) is 11.1 Å². The number of rotatable bonds is 4. The molecule has 0 unspecified atom stereocenters. The Labute approximate surface area is 94.7 Å². The highest BCUT2D eigenvalue weighted by Gasteiger charge is 2.43. The fourth-order valence-electron chi connectivity index (χ4n) is 2.00. The lowest BCUT2D eigenvalue weighted by molar-refractivity contribution is -0.117. The molecule has 0 N–H and O–H groups in total. The van der Waals surface area contributed by atoms with Crippen LogP contribution in [-0.2, 0) is 11.2 Å². The second kappa shape index (κ2) is 4.42. The Kier molecular flexibility index (Phi) is 2.97. The summed E-state index contributed by atoms with van der Waals surface area (Å²) in [5.41, 5.74) is 10.8. The molecular formula is C13H14N2O. The average Bonchev–Trinajstić information content (AvgIpc) is 3.01. The summed E-state index contributed by atoms with van der Waals surface area (Å²) in [7, 11) is 0. The highest BCUT2D eigenvalue weighted by molar-refractivity contribution is 6.27. The molecule has 0 aliphatic heterocycles. The molecule has 16 heavy (non-hydrogen) atoms. The second-order valence-electron chi connectivity index (χ2n) is 4.44. The number of Topliss-reactive ketones (excluding diaryl/α,β-unsaturated/α-hetero) is 1. The molecule has 2 rings (SSSR count). The van der Waals surface area contributed by atoms with Crippen LogP contribution in [0.25, 0.3) is 5.53 Å². The molecule has 0 radical (unpaired) electrons. The van der Waals surface area contributed by atoms with Crippen LogP contribution in [0.4, 0.5) is 0 Å². The fourth-order valence-corrected chi connectivity index (χ4v) is 2.00. The third-order valence-electron chi connectivity index (χ3n) is 3.09. The molecule has 0 amide bonds. The standard InChI is InChI=1S/C13H14N2O/c1-9-2-4-10(5-3-9)6-11-7-12(11)13(16)8-15-14/h2-5,8,11-12H,6-7H2,1H3/t11-,12+/m0/s1. The summed E-state index contributed by atoms with van der Waals surface area (Å²) in [5.74, 6) is 0.435. The SMILES string of the molecule is Cc1ccc(C[C@H]2C[C@H]2C(=O)C=[N+]=[N-])cc1. The van der Waals surface area contributed by atoms with Crippen LogP contribution >= 0.6 is 0 Å². The molecule has 1 aromatic carbocycles. The number of carbonyl (C=O) groups excluding carboxylic acids is 1. The predicted molar refractivity (Wildman–Crippen MR) is 61.2 cm³/mol. The maximum Gasteiger partial charge on any atom is 0.323 e. The van der Waals surface area contributed by atoms with Gasteiger partial charge in [-0.15, -0.1) is 0 Å². The van der Waals surface area contributed by atoms with Gasteiger partial charge in [0, 0.05) is 5.92 Å². The Morgan fingerprint density at radius 1 is 1.50 bits per heavy atom. The molecular weight excluding hydrogens is 200 g/mol. The van der Waals surface area contributed by atoms with E-state index in [9.17, 15) is 4.79 Å². The highest BCUT2D eigenvalue weighted by atomic mass is 16.1. The molecule has 82 valence electrons. The van der Waals surface area contributed by atoms with Crippen LogP contribution < -0.4 is 0 Å². The maximum absolute atomic E-state index is 11.4. The van der Waals surface area contributed by atoms with Gasteiger partial charge in [-0.25, -0.2) is 0 Å². The largest absolute Gasteiger partial charge is 0.361 e. The van der Waals surface area contributed by atoms with Gasteiger partial charge in [-0.3, -0.25) is 4.79 Å². The summed E-state index contributed by atoms with van der Waals surface area (Å²) >= 11 is 0. The van der Waals surface area contributed by atoms with Gasteiger partial charge in [0.2, 0.25) is 5.78 Å². The Morgan fingerprint density at radius 2 is 2.19 bits per heavy atom. The molecule has 2 atom stereocenters. The van der Waals surface area contributed by atoms with E-state index in [1.54, 1.807) is 0 Å². The molecule has 0 aromatic heterocycles. The summed E-state index contributed by atoms with van der Waals surface area (Å²) in [5, 5.41) is 0. The highest BCUT2D eigenvalue weighted by Crippen LogP contribution is 2.41. The van der Waals surface area contributed by atoms with E-state index in [-0.39, 0.29) is 11.7 Å². The number of carbonyl (C=O) groups is 1. The zero-order valence-corrected chi connectivity index (χ0v) is 9.26. The van der Waals surface area contributed by atoms with Gasteiger partial charge in [0.15, 0.2) is 0 Å². The van der Waals surface area contributed by atoms with Crippen molar-refractivity contribution >= 4 is 12.0 Å². The fraction of sp³-hybridized carbons (Fsp3) is 0.385. The van der Waals surface area contributed by atoms with E-state index in [0.717, 1.165) is 19.1 Å². The van der Waals surface area contributed by atoms with Crippen molar-refractivity contribution in [2.24, 2.45) is 11.8 Å². The Balaban J connectivity index is 1.92. The molecule has 1 aliphatic rings. The number of aryl methyl sites for hydroxylation is 1. The lowest BCUT2D eigenvalue weighted by atomic mass is 10.1. The molecule has 0 bridgehead atoms. The molecule has 0 spiro atoms. The second-order valence-corrected chi connectivity index (χ2v) is 4.44. The van der Waals surface area contributed by atoms with Crippen LogP contribution in [0.1, 0.15) is 17.5 Å². The zero-order chi connectivity index (χ0) is 11.5. The first-order chi connectivity index (χ1) is 7.70. The van der Waals surface area contributed by atoms with Gasteiger partial charge in [0.1, 0.15) is 0 Å². The minimum atomic E-state index is -0.0559. The molecule has 1 saturated carbocycles. The van der Waals surface area contributed by atoms with E-state index in [2.05, 4.69) is 36.0 Å². The molecule has 1 aliphatic carbocycles. The summed E-state index contributed by atoms with van der Waals surface area (Å²) in [6.07, 6.45) is 2.87. The van der Waals surface area contributed by atoms with Gasteiger partial charge < -0.3 is 5.53 Å². The van der Waals surface area contributed by atoms with Gasteiger partial charge in [-0.1, -0.05) is 29.8 Å². The van der Waals surface area contributed by atoms with Crippen LogP contribution in [0.15, 0.2) is 24.3 Å². The Bertz CT molecular complexity index is 444. The first kappa shape index (κ1) is 10.8. The molecule has 0 saturated heterocycles. The van der Waals surface area contributed by atoms with Crippen LogP contribution in [0, 0.1) is 18.8 Å². The molecule has 1 aromatic rings. The summed E-state index contributed by atoms with van der Waals surface area (Å²) in [4.78, 5) is 14.1. The van der Waals surface area contributed by atoms with Crippen molar-refractivity contribution in [1.82, 2.24) is 0 Å². The van der Waals surface area contributed by atoms with Crippen molar-refractivity contribution < 1.29 is 9.58 Å². The quantitative estimate of drug-likeness (QED) is 0.430. The Hall–Kier alpha value is -1.73. The van der Waals surface area contributed by atoms with Crippen LogP contribution in [0.2, 0.25) is 0 Å². The minimum Gasteiger partial charge on any atom is -0.361 e. The number of benzene rings is 1. The van der Waals surface area contributed by atoms with Crippen molar-refractivity contribution in [3.63, 3.8) is 0 Å². The van der Waals surface area contributed by atoms with E-state index < -0.39 is 0 Å². The van der Waals surface area contributed by atoms with E-state index >= 15 is 0 Å². The van der Waals surface area contributed by atoms with E-state index in [0.29, 0.717) is 5.92 Å². The van der Waals surface area contributed by atoms with Crippen molar-refractivity contribution in [3.8, 4) is 0 Å². The zero-order valence-electron chi connectivity index (χ0n) is 9.26. The molecule has 1 fully saturated rings. The topological polar surface area (TPSA) is 53.5 Å². The summed E-state index contributed by atoms with van der Waals surface area (Å²) in [6, 6.07) is 8.39. The summed E-state index contributed by atoms with van der Waals surface area (Å²) < 4.78 is 0. The van der Waals surface area contributed by atoms with Gasteiger partial charge in [-0.05, 0) is 31.2 Å². The first-order valence-electron chi connectivity index (χ1n) is 5.47. The molecule has 0 heterocycles. The van der Waals surface area contributed by atoms with E-state index in [4.69, 9.17) is 5.53 Å². The van der Waals surface area contributed by atoms with Crippen molar-refractivity contribution in [3.05, 3.63) is 40.9 Å². The lowest BCUT2D eigenvalue weighted by Crippen LogP contribution is -2.05. The van der Waals surface area contributed by atoms with Crippen molar-refractivity contribution in [2.45, 2.75) is 19.8 Å². The number of hydrogen-bond donors (Lipinski definition) is 0. The maximum atomic E-state index is 11.4. The van der Waals surface area contributed by atoms with E-state index in [1.807, 2.05) is 0 Å². The normalized spacial score (nSPS) is 22.3. The van der Waals surface area contributed by atoms with Crippen molar-refractivity contribution in [2.75, 3.05) is 0 Å². The first-order valence-corrected chi connectivity index (χ1v) is 5.47. The van der Waals surface area contributed by atoms with Gasteiger partial charge >= 0.3 is 6.21 Å². The monoisotopic (exact) mass is 214 g/mol. The Morgan fingerprint density at radius 3 is 2.81 bits per heavy atom. The van der Waals surface area contributed by atoms with Crippen LogP contribution in [0.5, 0.6) is 0 Å². The third kappa shape index (κ3) is 2.44. The van der Waals surface area contributed by atoms with Crippen LogP contribution in [0.3, 0.4) is 0 Å². The molecule has 3 heteroatoms. The smallest absolute Gasteiger partial charge is 0.323 e. The summed E-state index contributed by atoms with van der Waals surface area (Å²) in [6.45, 7) is 2.06. The van der Waals surface area contributed by atoms with Gasteiger partial charge in [0.25, 0.3) is 0 Å². The van der Waals surface area contributed by atoms with Gasteiger partial charge in [0.05, 0.1) is 0 Å². The third-order valence-corrected chi connectivity index (χ3v) is 3.09. The number of ketones is 1. The minimum absolute atomic E-state index is 0.0559. The average molecular weight is 214 g/mol. The van der Waals surface area contributed by atoms with Gasteiger partial charge in [-0.2, -0.15) is 4.79 Å². The molecule has 3 nitrogen and oxygen atoms in total. The number of hydrogen-bond acceptors (Lipinski definition) is 1. The lowest BCUT2D eigenvalue weighted by Gasteiger charge is -1.99. The van der Waals surface area contributed by atoms with Crippen molar-refractivity contribution in [1.29, 1.82) is 0 Å². The predicted octanol–water partition coefficient (Wildman–Crippen LogP) is 2.04. The van der Waals surface area contributed by atoms with Crippen LogP contribution in [-0.4, -0.2) is 16.8 Å².